The molecule has 0 saturated carbocycles. The number of hydrogen-bond donors (Lipinski definition) is 1. The number of aliphatic hydroxyl groups is 1. The van der Waals surface area contributed by atoms with Crippen LogP contribution in [0.15, 0.2) is 18.2 Å². The Morgan fingerprint density at radius 3 is 2.95 bits per heavy atom. The lowest BCUT2D eigenvalue weighted by Gasteiger charge is -2.25. The van der Waals surface area contributed by atoms with Crippen LogP contribution in [0.5, 0.6) is 5.75 Å². The molecule has 1 aliphatic heterocycles. The third kappa shape index (κ3) is 2.89. The van der Waals surface area contributed by atoms with E-state index in [-0.39, 0.29) is 12.6 Å². The summed E-state index contributed by atoms with van der Waals surface area (Å²) in [6, 6.07) is 8.02. The highest BCUT2D eigenvalue weighted by Gasteiger charge is 2.30. The van der Waals surface area contributed by atoms with E-state index in [0.29, 0.717) is 17.2 Å². The highest BCUT2D eigenvalue weighted by molar-refractivity contribution is 5.45. The number of rotatable bonds is 4. The lowest BCUT2D eigenvalue weighted by molar-refractivity contribution is 0.134. The topological polar surface area (TPSA) is 56.5 Å². The average Bonchev–Trinajstić information content (AvgIpc) is 2.78. The second-order valence-corrected chi connectivity index (χ2v) is 5.13. The molecule has 1 N–H and O–H groups in total. The van der Waals surface area contributed by atoms with Gasteiger partial charge in [-0.3, -0.25) is 4.90 Å². The van der Waals surface area contributed by atoms with Crippen molar-refractivity contribution in [1.29, 1.82) is 5.26 Å². The van der Waals surface area contributed by atoms with Gasteiger partial charge in [0.2, 0.25) is 0 Å². The molecule has 2 atom stereocenters. The lowest BCUT2D eigenvalue weighted by Crippen LogP contribution is -2.34. The molecule has 1 fully saturated rings. The standard InChI is InChI=1S/C15H20N2O2/c1-11-5-6-17(14(11)10-18)9-12-3-4-13(8-16)15(7-12)19-2/h3-4,7,11,14,18H,5-6,9-10H2,1-2H3. The minimum Gasteiger partial charge on any atom is -0.495 e. The van der Waals surface area contributed by atoms with Gasteiger partial charge in [0.15, 0.2) is 0 Å². The van der Waals surface area contributed by atoms with Gasteiger partial charge in [-0.25, -0.2) is 0 Å². The van der Waals surface area contributed by atoms with Crippen molar-refractivity contribution in [2.45, 2.75) is 25.9 Å². The van der Waals surface area contributed by atoms with Crippen LogP contribution in [0.3, 0.4) is 0 Å². The molecule has 1 saturated heterocycles. The first-order valence-electron chi connectivity index (χ1n) is 6.61. The van der Waals surface area contributed by atoms with Gasteiger partial charge in [0.25, 0.3) is 0 Å². The number of nitriles is 1. The summed E-state index contributed by atoms with van der Waals surface area (Å²) in [4.78, 5) is 2.30. The van der Waals surface area contributed by atoms with Gasteiger partial charge in [-0.1, -0.05) is 13.0 Å². The molecule has 0 spiro atoms. The van der Waals surface area contributed by atoms with Crippen molar-refractivity contribution in [3.8, 4) is 11.8 Å². The summed E-state index contributed by atoms with van der Waals surface area (Å²) in [6.07, 6.45) is 1.12. The highest BCUT2D eigenvalue weighted by Crippen LogP contribution is 2.27. The Kier molecular flexibility index (Phi) is 4.41. The maximum atomic E-state index is 9.46. The summed E-state index contributed by atoms with van der Waals surface area (Å²) < 4.78 is 5.23. The van der Waals surface area contributed by atoms with E-state index in [1.165, 1.54) is 0 Å². The zero-order chi connectivity index (χ0) is 13.8. The summed E-state index contributed by atoms with van der Waals surface area (Å²) in [5.74, 6) is 1.15. The van der Waals surface area contributed by atoms with Crippen molar-refractivity contribution < 1.29 is 9.84 Å². The molecule has 1 aliphatic rings. The minimum absolute atomic E-state index is 0.203. The average molecular weight is 260 g/mol. The molecule has 2 unspecified atom stereocenters. The first kappa shape index (κ1) is 13.9. The van der Waals surface area contributed by atoms with Crippen molar-refractivity contribution in [2.24, 2.45) is 5.92 Å². The van der Waals surface area contributed by atoms with Gasteiger partial charge in [0.1, 0.15) is 11.8 Å². The van der Waals surface area contributed by atoms with E-state index in [2.05, 4.69) is 17.9 Å². The van der Waals surface area contributed by atoms with Crippen molar-refractivity contribution >= 4 is 0 Å². The number of benzene rings is 1. The van der Waals surface area contributed by atoms with Crippen LogP contribution in [0.1, 0.15) is 24.5 Å². The normalized spacial score (nSPS) is 23.3. The van der Waals surface area contributed by atoms with E-state index in [0.717, 1.165) is 25.1 Å². The molecule has 102 valence electrons. The summed E-state index contributed by atoms with van der Waals surface area (Å²) in [7, 11) is 1.58. The second-order valence-electron chi connectivity index (χ2n) is 5.13. The zero-order valence-electron chi connectivity index (χ0n) is 11.5. The smallest absolute Gasteiger partial charge is 0.136 e. The van der Waals surface area contributed by atoms with Crippen LogP contribution in [0.4, 0.5) is 0 Å². The monoisotopic (exact) mass is 260 g/mol. The number of hydrogen-bond acceptors (Lipinski definition) is 4. The molecule has 1 aromatic rings. The Morgan fingerprint density at radius 2 is 2.32 bits per heavy atom. The van der Waals surface area contributed by atoms with Gasteiger partial charge >= 0.3 is 0 Å². The molecule has 2 rings (SSSR count). The summed E-state index contributed by atoms with van der Waals surface area (Å²) >= 11 is 0. The Balaban J connectivity index is 2.14. The maximum absolute atomic E-state index is 9.46. The van der Waals surface area contributed by atoms with Crippen LogP contribution in [-0.4, -0.2) is 36.3 Å². The van der Waals surface area contributed by atoms with E-state index >= 15 is 0 Å². The van der Waals surface area contributed by atoms with Crippen molar-refractivity contribution in [3.05, 3.63) is 29.3 Å². The molecule has 0 radical (unpaired) electrons. The van der Waals surface area contributed by atoms with Crippen LogP contribution in [-0.2, 0) is 6.54 Å². The fourth-order valence-corrected chi connectivity index (χ4v) is 2.74. The fraction of sp³-hybridized carbons (Fsp3) is 0.533. The van der Waals surface area contributed by atoms with E-state index in [1.54, 1.807) is 13.2 Å². The van der Waals surface area contributed by atoms with Crippen LogP contribution >= 0.6 is 0 Å². The predicted molar refractivity (Wildman–Crippen MR) is 72.8 cm³/mol. The maximum Gasteiger partial charge on any atom is 0.136 e. The Bertz CT molecular complexity index is 482. The molecule has 0 aromatic heterocycles. The second kappa shape index (κ2) is 6.05. The molecular weight excluding hydrogens is 240 g/mol. The van der Waals surface area contributed by atoms with E-state index in [4.69, 9.17) is 10.00 Å². The summed E-state index contributed by atoms with van der Waals surface area (Å²) in [6.45, 7) is 4.18. The molecule has 4 heteroatoms. The molecular formula is C15H20N2O2. The minimum atomic E-state index is 0.203. The number of ether oxygens (including phenoxy) is 1. The van der Waals surface area contributed by atoms with Crippen LogP contribution in [0.25, 0.3) is 0 Å². The molecule has 1 heterocycles. The van der Waals surface area contributed by atoms with Crippen LogP contribution in [0, 0.1) is 17.2 Å². The first-order chi connectivity index (χ1) is 9.19. The molecule has 0 amide bonds. The predicted octanol–water partition coefficient (Wildman–Crippen LogP) is 1.77. The van der Waals surface area contributed by atoms with Gasteiger partial charge in [0.05, 0.1) is 19.3 Å². The first-order valence-corrected chi connectivity index (χ1v) is 6.61. The van der Waals surface area contributed by atoms with Gasteiger partial charge in [-0.05, 0) is 36.6 Å². The Labute approximate surface area is 114 Å². The molecule has 1 aromatic carbocycles. The molecule has 0 bridgehead atoms. The highest BCUT2D eigenvalue weighted by atomic mass is 16.5. The SMILES string of the molecule is COc1cc(CN2CCC(C)C2CO)ccc1C#N. The number of likely N-dealkylation sites (tertiary alicyclic amines) is 1. The van der Waals surface area contributed by atoms with Crippen LogP contribution < -0.4 is 4.74 Å². The zero-order valence-corrected chi connectivity index (χ0v) is 11.5. The summed E-state index contributed by atoms with van der Waals surface area (Å²) in [5.41, 5.74) is 1.67. The molecule has 4 nitrogen and oxygen atoms in total. The van der Waals surface area contributed by atoms with E-state index < -0.39 is 0 Å². The van der Waals surface area contributed by atoms with Gasteiger partial charge in [-0.15, -0.1) is 0 Å². The molecule has 19 heavy (non-hydrogen) atoms. The number of aliphatic hydroxyl groups excluding tert-OH is 1. The lowest BCUT2D eigenvalue weighted by atomic mass is 10.0. The largest absolute Gasteiger partial charge is 0.495 e. The van der Waals surface area contributed by atoms with E-state index in [9.17, 15) is 5.11 Å². The van der Waals surface area contributed by atoms with Crippen LogP contribution in [0.2, 0.25) is 0 Å². The quantitative estimate of drug-likeness (QED) is 0.896. The van der Waals surface area contributed by atoms with Crippen molar-refractivity contribution in [2.75, 3.05) is 20.3 Å². The Morgan fingerprint density at radius 1 is 1.53 bits per heavy atom. The number of methoxy groups -OCH3 is 1. The summed E-state index contributed by atoms with van der Waals surface area (Å²) in [5, 5.41) is 18.4. The van der Waals surface area contributed by atoms with Gasteiger partial charge in [0, 0.05) is 12.6 Å². The molecule has 0 aliphatic carbocycles. The third-order valence-electron chi connectivity index (χ3n) is 3.96. The third-order valence-corrected chi connectivity index (χ3v) is 3.96. The number of nitrogens with zero attached hydrogens (tertiary/aromatic N) is 2. The van der Waals surface area contributed by atoms with Gasteiger partial charge < -0.3 is 9.84 Å². The van der Waals surface area contributed by atoms with E-state index in [1.807, 2.05) is 12.1 Å². The van der Waals surface area contributed by atoms with Gasteiger partial charge in [-0.2, -0.15) is 5.26 Å². The van der Waals surface area contributed by atoms with Crippen molar-refractivity contribution in [3.63, 3.8) is 0 Å². The van der Waals surface area contributed by atoms with Crippen molar-refractivity contribution in [1.82, 2.24) is 4.90 Å². The Hall–Kier alpha value is -1.57. The fourth-order valence-electron chi connectivity index (χ4n) is 2.74.